The van der Waals surface area contributed by atoms with Gasteiger partial charge in [-0.15, -0.1) is 0 Å². The van der Waals surface area contributed by atoms with Crippen LogP contribution in [-0.4, -0.2) is 24.2 Å². The summed E-state index contributed by atoms with van der Waals surface area (Å²) in [5.41, 5.74) is 0.933. The summed E-state index contributed by atoms with van der Waals surface area (Å²) in [6, 6.07) is 7.53. The Morgan fingerprint density at radius 2 is 2.20 bits per heavy atom. The van der Waals surface area contributed by atoms with Gasteiger partial charge >= 0.3 is 5.97 Å². The van der Waals surface area contributed by atoms with Crippen molar-refractivity contribution in [2.75, 3.05) is 18.0 Å². The van der Waals surface area contributed by atoms with Gasteiger partial charge in [0.1, 0.15) is 0 Å². The van der Waals surface area contributed by atoms with Crippen molar-refractivity contribution in [2.45, 2.75) is 6.42 Å². The van der Waals surface area contributed by atoms with Crippen molar-refractivity contribution < 1.29 is 9.90 Å². The highest BCUT2D eigenvalue weighted by molar-refractivity contribution is 6.33. The van der Waals surface area contributed by atoms with Crippen molar-refractivity contribution in [3.8, 4) is 0 Å². The molecule has 4 heteroatoms. The van der Waals surface area contributed by atoms with E-state index in [1.165, 1.54) is 0 Å². The van der Waals surface area contributed by atoms with Crippen molar-refractivity contribution in [1.82, 2.24) is 0 Å². The number of para-hydroxylation sites is 1. The van der Waals surface area contributed by atoms with Gasteiger partial charge in [-0.05, 0) is 18.6 Å². The Morgan fingerprint density at radius 1 is 1.47 bits per heavy atom. The highest BCUT2D eigenvalue weighted by Gasteiger charge is 2.28. The lowest BCUT2D eigenvalue weighted by molar-refractivity contribution is -0.140. The van der Waals surface area contributed by atoms with Crippen LogP contribution in [0.1, 0.15) is 6.42 Å². The first-order valence-electron chi connectivity index (χ1n) is 4.91. The zero-order chi connectivity index (χ0) is 10.8. The molecule has 0 spiro atoms. The summed E-state index contributed by atoms with van der Waals surface area (Å²) in [5.74, 6) is -0.981. The summed E-state index contributed by atoms with van der Waals surface area (Å²) in [4.78, 5) is 12.8. The van der Waals surface area contributed by atoms with E-state index in [2.05, 4.69) is 0 Å². The van der Waals surface area contributed by atoms with Crippen molar-refractivity contribution in [3.63, 3.8) is 0 Å². The minimum absolute atomic E-state index is 0.263. The third-order valence-electron chi connectivity index (χ3n) is 2.73. The number of hydrogen-bond donors (Lipinski definition) is 1. The van der Waals surface area contributed by atoms with Gasteiger partial charge in [-0.3, -0.25) is 4.79 Å². The second kappa shape index (κ2) is 4.11. The van der Waals surface area contributed by atoms with Crippen molar-refractivity contribution >= 4 is 23.3 Å². The smallest absolute Gasteiger partial charge is 0.308 e. The molecule has 0 bridgehead atoms. The molecule has 1 saturated heterocycles. The van der Waals surface area contributed by atoms with Crippen LogP contribution in [-0.2, 0) is 4.79 Å². The molecule has 0 unspecified atom stereocenters. The Kier molecular flexibility index (Phi) is 2.82. The van der Waals surface area contributed by atoms with Crippen LogP contribution in [0.4, 0.5) is 5.69 Å². The van der Waals surface area contributed by atoms with E-state index >= 15 is 0 Å². The number of anilines is 1. The predicted molar refractivity (Wildman–Crippen MR) is 59.4 cm³/mol. The molecule has 0 amide bonds. The number of hydrogen-bond acceptors (Lipinski definition) is 2. The second-order valence-electron chi connectivity index (χ2n) is 3.72. The lowest BCUT2D eigenvalue weighted by atomic mass is 10.1. The van der Waals surface area contributed by atoms with Gasteiger partial charge in [0.15, 0.2) is 0 Å². The van der Waals surface area contributed by atoms with Crippen molar-refractivity contribution in [2.24, 2.45) is 5.92 Å². The molecule has 0 aromatic heterocycles. The second-order valence-corrected chi connectivity index (χ2v) is 4.13. The largest absolute Gasteiger partial charge is 0.481 e. The molecule has 1 aromatic rings. The zero-order valence-electron chi connectivity index (χ0n) is 8.19. The number of halogens is 1. The first-order valence-corrected chi connectivity index (χ1v) is 5.28. The molecule has 2 rings (SSSR count). The molecule has 0 radical (unpaired) electrons. The molecule has 1 atom stereocenters. The third-order valence-corrected chi connectivity index (χ3v) is 3.05. The minimum atomic E-state index is -0.718. The fourth-order valence-electron chi connectivity index (χ4n) is 1.89. The standard InChI is InChI=1S/C11H12ClNO2/c12-9-3-1-2-4-10(9)13-6-5-8(7-13)11(14)15/h1-4,8H,5-7H2,(H,14,15)/t8-/m0/s1. The Morgan fingerprint density at radius 3 is 2.80 bits per heavy atom. The number of carboxylic acid groups (broad SMARTS) is 1. The number of aliphatic carboxylic acids is 1. The summed E-state index contributed by atoms with van der Waals surface area (Å²) in [7, 11) is 0. The maximum Gasteiger partial charge on any atom is 0.308 e. The molecular formula is C11H12ClNO2. The Labute approximate surface area is 93.3 Å². The van der Waals surface area contributed by atoms with E-state index in [1.54, 1.807) is 0 Å². The number of carboxylic acids is 1. The van der Waals surface area contributed by atoms with E-state index in [9.17, 15) is 4.79 Å². The lowest BCUT2D eigenvalue weighted by Crippen LogP contribution is -2.22. The summed E-state index contributed by atoms with van der Waals surface area (Å²) >= 11 is 6.04. The van der Waals surface area contributed by atoms with E-state index in [4.69, 9.17) is 16.7 Å². The van der Waals surface area contributed by atoms with Crippen LogP contribution in [0.2, 0.25) is 5.02 Å². The van der Waals surface area contributed by atoms with Gasteiger partial charge in [-0.25, -0.2) is 0 Å². The number of carbonyl (C=O) groups is 1. The van der Waals surface area contributed by atoms with Gasteiger partial charge in [-0.2, -0.15) is 0 Å². The van der Waals surface area contributed by atoms with E-state index < -0.39 is 5.97 Å². The topological polar surface area (TPSA) is 40.5 Å². The molecule has 1 aliphatic heterocycles. The molecular weight excluding hydrogens is 214 g/mol. The quantitative estimate of drug-likeness (QED) is 0.839. The van der Waals surface area contributed by atoms with Gasteiger partial charge in [0.05, 0.1) is 16.6 Å². The van der Waals surface area contributed by atoms with Crippen LogP contribution in [0, 0.1) is 5.92 Å². The fraction of sp³-hybridized carbons (Fsp3) is 0.364. The monoisotopic (exact) mass is 225 g/mol. The third kappa shape index (κ3) is 2.07. The normalized spacial score (nSPS) is 20.6. The Balaban J connectivity index is 2.14. The summed E-state index contributed by atoms with van der Waals surface area (Å²) in [5, 5.41) is 9.57. The highest BCUT2D eigenvalue weighted by atomic mass is 35.5. The first-order chi connectivity index (χ1) is 7.18. The minimum Gasteiger partial charge on any atom is -0.481 e. The van der Waals surface area contributed by atoms with E-state index in [0.717, 1.165) is 12.2 Å². The highest BCUT2D eigenvalue weighted by Crippen LogP contribution is 2.29. The van der Waals surface area contributed by atoms with Crippen LogP contribution < -0.4 is 4.90 Å². The lowest BCUT2D eigenvalue weighted by Gasteiger charge is -2.19. The van der Waals surface area contributed by atoms with Crippen LogP contribution >= 0.6 is 11.6 Å². The van der Waals surface area contributed by atoms with Crippen LogP contribution in [0.25, 0.3) is 0 Å². The molecule has 1 aliphatic rings. The average molecular weight is 226 g/mol. The van der Waals surface area contributed by atoms with E-state index in [1.807, 2.05) is 29.2 Å². The molecule has 1 aromatic carbocycles. The van der Waals surface area contributed by atoms with Gasteiger partial charge in [0.25, 0.3) is 0 Å². The molecule has 0 aliphatic carbocycles. The van der Waals surface area contributed by atoms with E-state index in [0.29, 0.717) is 18.0 Å². The van der Waals surface area contributed by atoms with Crippen LogP contribution in [0.3, 0.4) is 0 Å². The molecule has 0 saturated carbocycles. The maximum absolute atomic E-state index is 10.8. The first kappa shape index (κ1) is 10.3. The fourth-order valence-corrected chi connectivity index (χ4v) is 2.14. The molecule has 3 nitrogen and oxygen atoms in total. The average Bonchev–Trinajstić information content (AvgIpc) is 2.67. The summed E-state index contributed by atoms with van der Waals surface area (Å²) < 4.78 is 0. The Bertz CT molecular complexity index is 381. The van der Waals surface area contributed by atoms with Gasteiger partial charge in [0, 0.05) is 13.1 Å². The number of nitrogens with zero attached hydrogens (tertiary/aromatic N) is 1. The van der Waals surface area contributed by atoms with Gasteiger partial charge in [0.2, 0.25) is 0 Å². The SMILES string of the molecule is O=C(O)[C@H]1CCN(c2ccccc2Cl)C1. The molecule has 1 fully saturated rings. The molecule has 15 heavy (non-hydrogen) atoms. The number of benzene rings is 1. The van der Waals surface area contributed by atoms with Gasteiger partial charge < -0.3 is 10.0 Å². The van der Waals surface area contributed by atoms with Crippen LogP contribution in [0.5, 0.6) is 0 Å². The van der Waals surface area contributed by atoms with Crippen molar-refractivity contribution in [3.05, 3.63) is 29.3 Å². The maximum atomic E-state index is 10.8. The van der Waals surface area contributed by atoms with Crippen molar-refractivity contribution in [1.29, 1.82) is 0 Å². The number of rotatable bonds is 2. The molecule has 1 heterocycles. The zero-order valence-corrected chi connectivity index (χ0v) is 8.94. The predicted octanol–water partition coefficient (Wildman–Crippen LogP) is 2.25. The molecule has 80 valence electrons. The van der Waals surface area contributed by atoms with E-state index in [-0.39, 0.29) is 5.92 Å². The molecule has 1 N–H and O–H groups in total. The van der Waals surface area contributed by atoms with Gasteiger partial charge in [-0.1, -0.05) is 23.7 Å². The Hall–Kier alpha value is -1.22. The summed E-state index contributed by atoms with van der Waals surface area (Å²) in [6.07, 6.45) is 0.695. The van der Waals surface area contributed by atoms with Crippen LogP contribution in [0.15, 0.2) is 24.3 Å². The summed E-state index contributed by atoms with van der Waals surface area (Å²) in [6.45, 7) is 1.32.